The molecule has 1 amide bonds. The number of ether oxygens (including phenoxy) is 1. The molecule has 88 valence electrons. The Morgan fingerprint density at radius 1 is 1.40 bits per heavy atom. The number of rotatable bonds is 5. The molecule has 0 saturated heterocycles. The van der Waals surface area contributed by atoms with Crippen molar-refractivity contribution in [3.8, 4) is 0 Å². The van der Waals surface area contributed by atoms with Crippen molar-refractivity contribution in [2.45, 2.75) is 45.1 Å². The van der Waals surface area contributed by atoms with E-state index in [-0.39, 0.29) is 6.10 Å². The molecule has 4 nitrogen and oxygen atoms in total. The highest BCUT2D eigenvalue weighted by molar-refractivity contribution is 5.64. The first-order valence-corrected chi connectivity index (χ1v) is 5.89. The summed E-state index contributed by atoms with van der Waals surface area (Å²) >= 11 is 0. The molecule has 15 heavy (non-hydrogen) atoms. The van der Waals surface area contributed by atoms with E-state index in [9.17, 15) is 4.79 Å². The number of hydrogen-bond donors (Lipinski definition) is 2. The molecular formula is C11H22N2O2. The van der Waals surface area contributed by atoms with Crippen LogP contribution < -0.4 is 11.1 Å². The standard InChI is InChI=1S/C11H22N2O2/c1-2-7-13-8-9-3-5-10(6-4-9)15-11(12)14/h9-10,13H,2-8H2,1H3,(H2,12,14). The summed E-state index contributed by atoms with van der Waals surface area (Å²) in [6.07, 6.45) is 4.79. The first-order valence-electron chi connectivity index (χ1n) is 5.89. The Labute approximate surface area is 91.5 Å². The van der Waals surface area contributed by atoms with Gasteiger partial charge < -0.3 is 15.8 Å². The Kier molecular flexibility index (Phi) is 5.47. The zero-order chi connectivity index (χ0) is 11.1. The van der Waals surface area contributed by atoms with Gasteiger partial charge >= 0.3 is 6.09 Å². The van der Waals surface area contributed by atoms with Crippen LogP contribution in [-0.4, -0.2) is 25.3 Å². The van der Waals surface area contributed by atoms with Gasteiger partial charge in [-0.1, -0.05) is 6.92 Å². The van der Waals surface area contributed by atoms with Crippen molar-refractivity contribution in [1.82, 2.24) is 5.32 Å². The minimum Gasteiger partial charge on any atom is -0.446 e. The lowest BCUT2D eigenvalue weighted by Crippen LogP contribution is -2.31. The van der Waals surface area contributed by atoms with E-state index in [1.807, 2.05) is 0 Å². The summed E-state index contributed by atoms with van der Waals surface area (Å²) in [6.45, 7) is 4.36. The maximum absolute atomic E-state index is 10.5. The summed E-state index contributed by atoms with van der Waals surface area (Å²) in [7, 11) is 0. The van der Waals surface area contributed by atoms with E-state index < -0.39 is 6.09 Å². The molecule has 1 fully saturated rings. The van der Waals surface area contributed by atoms with E-state index in [1.54, 1.807) is 0 Å². The molecule has 0 bridgehead atoms. The summed E-state index contributed by atoms with van der Waals surface area (Å²) in [5.74, 6) is 0.740. The number of primary amides is 1. The lowest BCUT2D eigenvalue weighted by atomic mass is 9.87. The van der Waals surface area contributed by atoms with Gasteiger partial charge in [0.2, 0.25) is 0 Å². The van der Waals surface area contributed by atoms with Crippen LogP contribution in [0.2, 0.25) is 0 Å². The number of nitrogens with one attached hydrogen (secondary N) is 1. The molecule has 0 spiro atoms. The predicted octanol–water partition coefficient (Wildman–Crippen LogP) is 1.64. The van der Waals surface area contributed by atoms with Gasteiger partial charge in [0.15, 0.2) is 0 Å². The van der Waals surface area contributed by atoms with Crippen LogP contribution in [0.15, 0.2) is 0 Å². The van der Waals surface area contributed by atoms with Crippen LogP contribution >= 0.6 is 0 Å². The van der Waals surface area contributed by atoms with Gasteiger partial charge in [-0.15, -0.1) is 0 Å². The van der Waals surface area contributed by atoms with Crippen LogP contribution in [0.25, 0.3) is 0 Å². The highest BCUT2D eigenvalue weighted by atomic mass is 16.6. The molecule has 4 heteroatoms. The third kappa shape index (κ3) is 5.02. The zero-order valence-corrected chi connectivity index (χ0v) is 9.50. The highest BCUT2D eigenvalue weighted by Gasteiger charge is 2.22. The van der Waals surface area contributed by atoms with Crippen molar-refractivity contribution in [2.24, 2.45) is 11.7 Å². The molecule has 1 aliphatic carbocycles. The number of hydrogen-bond acceptors (Lipinski definition) is 3. The summed E-state index contributed by atoms with van der Waals surface area (Å²) < 4.78 is 4.98. The Bertz CT molecular complexity index is 189. The van der Waals surface area contributed by atoms with Gasteiger partial charge in [-0.2, -0.15) is 0 Å². The summed E-state index contributed by atoms with van der Waals surface area (Å²) in [5.41, 5.74) is 4.98. The third-order valence-corrected chi connectivity index (χ3v) is 2.94. The average Bonchev–Trinajstić information content (AvgIpc) is 2.20. The third-order valence-electron chi connectivity index (χ3n) is 2.94. The van der Waals surface area contributed by atoms with E-state index >= 15 is 0 Å². The minimum absolute atomic E-state index is 0.0601. The molecular weight excluding hydrogens is 192 g/mol. The fourth-order valence-corrected chi connectivity index (χ4v) is 2.10. The van der Waals surface area contributed by atoms with Gasteiger partial charge in [0.25, 0.3) is 0 Å². The van der Waals surface area contributed by atoms with Gasteiger partial charge in [-0.3, -0.25) is 0 Å². The van der Waals surface area contributed by atoms with Gasteiger partial charge in [0, 0.05) is 0 Å². The summed E-state index contributed by atoms with van der Waals surface area (Å²) in [4.78, 5) is 10.5. The van der Waals surface area contributed by atoms with Crippen LogP contribution in [0, 0.1) is 5.92 Å². The van der Waals surface area contributed by atoms with Gasteiger partial charge in [-0.05, 0) is 51.1 Å². The Hall–Kier alpha value is -0.770. The number of nitrogens with two attached hydrogens (primary N) is 1. The van der Waals surface area contributed by atoms with Crippen LogP contribution in [0.3, 0.4) is 0 Å². The normalized spacial score (nSPS) is 26.2. The SMILES string of the molecule is CCCNCC1CCC(OC(N)=O)CC1. The molecule has 0 aromatic heterocycles. The maximum atomic E-state index is 10.5. The van der Waals surface area contributed by atoms with Gasteiger partial charge in [-0.25, -0.2) is 4.79 Å². The molecule has 1 rings (SSSR count). The van der Waals surface area contributed by atoms with E-state index in [4.69, 9.17) is 10.5 Å². The Morgan fingerprint density at radius 3 is 2.60 bits per heavy atom. The Balaban J connectivity index is 2.10. The molecule has 0 aromatic carbocycles. The molecule has 0 aliphatic heterocycles. The van der Waals surface area contributed by atoms with Crippen molar-refractivity contribution < 1.29 is 9.53 Å². The van der Waals surface area contributed by atoms with Gasteiger partial charge in [0.05, 0.1) is 0 Å². The number of carbonyl (C=O) groups excluding carboxylic acids is 1. The average molecular weight is 214 g/mol. The first kappa shape index (κ1) is 12.3. The van der Waals surface area contributed by atoms with E-state index in [0.717, 1.165) is 44.7 Å². The predicted molar refractivity (Wildman–Crippen MR) is 59.6 cm³/mol. The summed E-state index contributed by atoms with van der Waals surface area (Å²) in [5, 5.41) is 3.43. The van der Waals surface area contributed by atoms with Crippen LogP contribution in [0.4, 0.5) is 4.79 Å². The smallest absolute Gasteiger partial charge is 0.404 e. The second kappa shape index (κ2) is 6.67. The first-order chi connectivity index (χ1) is 7.22. The highest BCUT2D eigenvalue weighted by Crippen LogP contribution is 2.25. The minimum atomic E-state index is -0.637. The molecule has 1 saturated carbocycles. The van der Waals surface area contributed by atoms with E-state index in [0.29, 0.717) is 0 Å². The lowest BCUT2D eigenvalue weighted by molar-refractivity contribution is 0.0710. The molecule has 0 atom stereocenters. The van der Waals surface area contributed by atoms with Crippen molar-refractivity contribution in [2.75, 3.05) is 13.1 Å². The van der Waals surface area contributed by atoms with E-state index in [1.165, 1.54) is 6.42 Å². The zero-order valence-electron chi connectivity index (χ0n) is 9.50. The second-order valence-electron chi connectivity index (χ2n) is 4.28. The van der Waals surface area contributed by atoms with E-state index in [2.05, 4.69) is 12.2 Å². The fraction of sp³-hybridized carbons (Fsp3) is 0.909. The second-order valence-corrected chi connectivity index (χ2v) is 4.28. The number of carbonyl (C=O) groups is 1. The van der Waals surface area contributed by atoms with Crippen LogP contribution in [0.1, 0.15) is 39.0 Å². The Morgan fingerprint density at radius 2 is 2.07 bits per heavy atom. The van der Waals surface area contributed by atoms with Crippen molar-refractivity contribution in [1.29, 1.82) is 0 Å². The molecule has 0 radical (unpaired) electrons. The van der Waals surface area contributed by atoms with Crippen molar-refractivity contribution in [3.63, 3.8) is 0 Å². The molecule has 0 aromatic rings. The number of amides is 1. The fourth-order valence-electron chi connectivity index (χ4n) is 2.10. The molecule has 0 unspecified atom stereocenters. The summed E-state index contributed by atoms with van der Waals surface area (Å²) in [6, 6.07) is 0. The van der Waals surface area contributed by atoms with Crippen molar-refractivity contribution in [3.05, 3.63) is 0 Å². The topological polar surface area (TPSA) is 64.3 Å². The maximum Gasteiger partial charge on any atom is 0.404 e. The molecule has 1 aliphatic rings. The van der Waals surface area contributed by atoms with Crippen LogP contribution in [-0.2, 0) is 4.74 Å². The molecule has 3 N–H and O–H groups in total. The monoisotopic (exact) mass is 214 g/mol. The molecule has 0 heterocycles. The van der Waals surface area contributed by atoms with Crippen LogP contribution in [0.5, 0.6) is 0 Å². The lowest BCUT2D eigenvalue weighted by Gasteiger charge is -2.27. The quantitative estimate of drug-likeness (QED) is 0.684. The van der Waals surface area contributed by atoms with Crippen molar-refractivity contribution >= 4 is 6.09 Å². The largest absolute Gasteiger partial charge is 0.446 e. The van der Waals surface area contributed by atoms with Gasteiger partial charge in [0.1, 0.15) is 6.10 Å².